The molecule has 1 nitrogen and oxygen atoms in total. The van der Waals surface area contributed by atoms with E-state index in [0.29, 0.717) is 17.1 Å². The van der Waals surface area contributed by atoms with Crippen LogP contribution in [0.15, 0.2) is 0 Å². The highest BCUT2D eigenvalue weighted by Crippen LogP contribution is 2.51. The van der Waals surface area contributed by atoms with Gasteiger partial charge in [-0.15, -0.1) is 0 Å². The Hall–Kier alpha value is -0.330. The number of Topliss-reactive ketones (excluding diaryl/α,β-unsaturated/α-hetero) is 1. The van der Waals surface area contributed by atoms with Crippen molar-refractivity contribution >= 4 is 5.78 Å². The van der Waals surface area contributed by atoms with Crippen molar-refractivity contribution in [2.75, 3.05) is 0 Å². The zero-order valence-electron chi connectivity index (χ0n) is 6.52. The van der Waals surface area contributed by atoms with E-state index in [9.17, 15) is 4.79 Å². The van der Waals surface area contributed by atoms with Crippen LogP contribution < -0.4 is 0 Å². The van der Waals surface area contributed by atoms with E-state index in [1.807, 2.05) is 0 Å². The van der Waals surface area contributed by atoms with E-state index in [-0.39, 0.29) is 0 Å². The average Bonchev–Trinajstić information content (AvgIpc) is 2.35. The monoisotopic (exact) mass is 138 g/mol. The van der Waals surface area contributed by atoms with E-state index in [0.717, 1.165) is 12.8 Å². The summed E-state index contributed by atoms with van der Waals surface area (Å²) < 4.78 is 0. The molecule has 10 heavy (non-hydrogen) atoms. The number of rotatable bonds is 0. The van der Waals surface area contributed by atoms with Crippen LogP contribution in [0.2, 0.25) is 0 Å². The molecule has 2 fully saturated rings. The number of hydrogen-bond donors (Lipinski definition) is 0. The Morgan fingerprint density at radius 1 is 1.50 bits per heavy atom. The van der Waals surface area contributed by atoms with Crippen molar-refractivity contribution in [3.8, 4) is 0 Å². The van der Waals surface area contributed by atoms with Gasteiger partial charge in [-0.25, -0.2) is 0 Å². The molecule has 2 atom stereocenters. The predicted octanol–water partition coefficient (Wildman–Crippen LogP) is 2.16. The molecular weight excluding hydrogens is 124 g/mol. The zero-order valence-corrected chi connectivity index (χ0v) is 6.52. The molecule has 56 valence electrons. The van der Waals surface area contributed by atoms with Crippen LogP contribution in [0.25, 0.3) is 0 Å². The summed E-state index contributed by atoms with van der Waals surface area (Å²) in [6, 6.07) is 0. The third-order valence-electron chi connectivity index (χ3n) is 3.41. The molecule has 0 aromatic rings. The lowest BCUT2D eigenvalue weighted by atomic mass is 9.83. The van der Waals surface area contributed by atoms with E-state index in [4.69, 9.17) is 0 Å². The number of ketones is 1. The standard InChI is InChI=1S/C9H14O/c1-9-5-2-3-7(9)8(10)4-6-9/h7H,2-6H2,1H3. The summed E-state index contributed by atoms with van der Waals surface area (Å²) in [6.07, 6.45) is 5.78. The first-order chi connectivity index (χ1) is 4.72. The van der Waals surface area contributed by atoms with Gasteiger partial charge in [0, 0.05) is 12.3 Å². The maximum Gasteiger partial charge on any atom is 0.136 e. The molecule has 2 aliphatic rings. The van der Waals surface area contributed by atoms with Crippen molar-refractivity contribution in [1.82, 2.24) is 0 Å². The van der Waals surface area contributed by atoms with Crippen molar-refractivity contribution in [3.05, 3.63) is 0 Å². The van der Waals surface area contributed by atoms with Gasteiger partial charge < -0.3 is 0 Å². The molecule has 0 radical (unpaired) electrons. The third-order valence-corrected chi connectivity index (χ3v) is 3.41. The first-order valence-electron chi connectivity index (χ1n) is 4.25. The van der Waals surface area contributed by atoms with Crippen molar-refractivity contribution in [3.63, 3.8) is 0 Å². The van der Waals surface area contributed by atoms with Crippen molar-refractivity contribution in [2.45, 2.75) is 39.0 Å². The molecule has 1 heteroatoms. The zero-order chi connectivity index (χ0) is 7.19. The Kier molecular flexibility index (Phi) is 1.17. The SMILES string of the molecule is CC12CCCC1C(=O)CC2. The number of carbonyl (C=O) groups excluding carboxylic acids is 1. The Morgan fingerprint density at radius 3 is 3.00 bits per heavy atom. The fourth-order valence-corrected chi connectivity index (χ4v) is 2.66. The second kappa shape index (κ2) is 1.84. The van der Waals surface area contributed by atoms with Crippen LogP contribution in [-0.2, 0) is 4.79 Å². The molecule has 2 rings (SSSR count). The highest BCUT2D eigenvalue weighted by molar-refractivity contribution is 5.84. The first-order valence-corrected chi connectivity index (χ1v) is 4.25. The Balaban J connectivity index is 2.27. The minimum atomic E-state index is 0.428. The van der Waals surface area contributed by atoms with E-state index >= 15 is 0 Å². The first kappa shape index (κ1) is 6.38. The molecule has 0 bridgehead atoms. The van der Waals surface area contributed by atoms with Gasteiger partial charge in [0.25, 0.3) is 0 Å². The molecule has 0 aromatic heterocycles. The van der Waals surface area contributed by atoms with Crippen LogP contribution in [0.5, 0.6) is 0 Å². The van der Waals surface area contributed by atoms with Crippen molar-refractivity contribution in [2.24, 2.45) is 11.3 Å². The summed E-state index contributed by atoms with van der Waals surface area (Å²) in [5.74, 6) is 0.993. The summed E-state index contributed by atoms with van der Waals surface area (Å²) in [4.78, 5) is 11.3. The third kappa shape index (κ3) is 0.664. The second-order valence-electron chi connectivity index (χ2n) is 4.07. The summed E-state index contributed by atoms with van der Waals surface area (Å²) in [7, 11) is 0. The minimum Gasteiger partial charge on any atom is -0.299 e. The Labute approximate surface area is 61.8 Å². The van der Waals surface area contributed by atoms with Crippen LogP contribution >= 0.6 is 0 Å². The molecule has 0 N–H and O–H groups in total. The Bertz CT molecular complexity index is 174. The molecule has 2 aliphatic carbocycles. The van der Waals surface area contributed by atoms with Crippen molar-refractivity contribution in [1.29, 1.82) is 0 Å². The smallest absolute Gasteiger partial charge is 0.136 e. The van der Waals surface area contributed by atoms with E-state index in [1.54, 1.807) is 0 Å². The topological polar surface area (TPSA) is 17.1 Å². The Morgan fingerprint density at radius 2 is 2.30 bits per heavy atom. The van der Waals surface area contributed by atoms with Gasteiger partial charge in [0.15, 0.2) is 0 Å². The molecule has 0 amide bonds. The van der Waals surface area contributed by atoms with E-state index in [1.165, 1.54) is 19.3 Å². The largest absolute Gasteiger partial charge is 0.299 e. The lowest BCUT2D eigenvalue weighted by Crippen LogP contribution is -2.18. The van der Waals surface area contributed by atoms with Crippen LogP contribution in [0, 0.1) is 11.3 Å². The average molecular weight is 138 g/mol. The van der Waals surface area contributed by atoms with E-state index in [2.05, 4.69) is 6.92 Å². The normalized spacial score (nSPS) is 46.1. The van der Waals surface area contributed by atoms with Crippen LogP contribution in [-0.4, -0.2) is 5.78 Å². The van der Waals surface area contributed by atoms with Gasteiger partial charge in [-0.3, -0.25) is 4.79 Å². The van der Waals surface area contributed by atoms with Crippen LogP contribution in [0.1, 0.15) is 39.0 Å². The molecule has 0 aliphatic heterocycles. The van der Waals surface area contributed by atoms with Gasteiger partial charge in [0.2, 0.25) is 0 Å². The van der Waals surface area contributed by atoms with Crippen molar-refractivity contribution < 1.29 is 4.79 Å². The second-order valence-corrected chi connectivity index (χ2v) is 4.07. The van der Waals surface area contributed by atoms with Gasteiger partial charge in [-0.05, 0) is 24.7 Å². The molecule has 0 heterocycles. The fraction of sp³-hybridized carbons (Fsp3) is 0.889. The lowest BCUT2D eigenvalue weighted by molar-refractivity contribution is -0.121. The molecule has 0 saturated heterocycles. The minimum absolute atomic E-state index is 0.428. The fourth-order valence-electron chi connectivity index (χ4n) is 2.66. The highest BCUT2D eigenvalue weighted by Gasteiger charge is 2.47. The molecular formula is C9H14O. The van der Waals surface area contributed by atoms with Gasteiger partial charge in [-0.2, -0.15) is 0 Å². The molecule has 2 unspecified atom stereocenters. The quantitative estimate of drug-likeness (QED) is 0.501. The van der Waals surface area contributed by atoms with Crippen LogP contribution in [0.4, 0.5) is 0 Å². The lowest BCUT2D eigenvalue weighted by Gasteiger charge is -2.21. The molecule has 0 aromatic carbocycles. The predicted molar refractivity (Wildman–Crippen MR) is 39.7 cm³/mol. The summed E-state index contributed by atoms with van der Waals surface area (Å²) in [5, 5.41) is 0. The highest BCUT2D eigenvalue weighted by atomic mass is 16.1. The summed E-state index contributed by atoms with van der Waals surface area (Å²) in [6.45, 7) is 2.29. The number of hydrogen-bond acceptors (Lipinski definition) is 1. The maximum atomic E-state index is 11.3. The van der Waals surface area contributed by atoms with E-state index < -0.39 is 0 Å². The maximum absolute atomic E-state index is 11.3. The summed E-state index contributed by atoms with van der Waals surface area (Å²) in [5.41, 5.74) is 0.428. The van der Waals surface area contributed by atoms with Gasteiger partial charge in [-0.1, -0.05) is 13.3 Å². The summed E-state index contributed by atoms with van der Waals surface area (Å²) >= 11 is 0. The van der Waals surface area contributed by atoms with Gasteiger partial charge in [0.1, 0.15) is 5.78 Å². The van der Waals surface area contributed by atoms with Crippen LogP contribution in [0.3, 0.4) is 0 Å². The number of fused-ring (bicyclic) bond motifs is 1. The van der Waals surface area contributed by atoms with Gasteiger partial charge >= 0.3 is 0 Å². The molecule has 2 saturated carbocycles. The van der Waals surface area contributed by atoms with Gasteiger partial charge in [0.05, 0.1) is 0 Å². The molecule has 0 spiro atoms. The number of carbonyl (C=O) groups is 1.